The molecule has 1 aromatic heterocycles. The summed E-state index contributed by atoms with van der Waals surface area (Å²) in [6.45, 7) is 0. The number of alkyl halides is 3. The standard InChI is InChI=1S/C10H13F3N4S/c11-10(12,13)7-5-8(16-9(15-7)17-14)18-6-3-1-2-4-6/h5-6H,1-4,14H2,(H,15,16,17). The van der Waals surface area contributed by atoms with E-state index in [2.05, 4.69) is 15.4 Å². The Kier molecular flexibility index (Phi) is 3.96. The van der Waals surface area contributed by atoms with Crippen molar-refractivity contribution in [3.05, 3.63) is 11.8 Å². The zero-order chi connectivity index (χ0) is 13.2. The Hall–Kier alpha value is -1.02. The zero-order valence-electron chi connectivity index (χ0n) is 9.50. The molecular weight excluding hydrogens is 265 g/mol. The van der Waals surface area contributed by atoms with E-state index in [1.54, 1.807) is 0 Å². The first kappa shape index (κ1) is 13.4. The van der Waals surface area contributed by atoms with Crippen molar-refractivity contribution in [3.63, 3.8) is 0 Å². The molecule has 0 amide bonds. The van der Waals surface area contributed by atoms with Crippen LogP contribution in [0.5, 0.6) is 0 Å². The van der Waals surface area contributed by atoms with E-state index in [-0.39, 0.29) is 5.95 Å². The molecule has 0 unspecified atom stereocenters. The van der Waals surface area contributed by atoms with Crippen LogP contribution in [-0.4, -0.2) is 15.2 Å². The number of nitrogens with one attached hydrogen (secondary N) is 1. The summed E-state index contributed by atoms with van der Waals surface area (Å²) in [6, 6.07) is 0.976. The fourth-order valence-corrected chi connectivity index (χ4v) is 3.10. The normalized spacial score (nSPS) is 17.1. The van der Waals surface area contributed by atoms with E-state index in [0.29, 0.717) is 10.3 Å². The van der Waals surface area contributed by atoms with Crippen molar-refractivity contribution >= 4 is 17.7 Å². The maximum absolute atomic E-state index is 12.6. The van der Waals surface area contributed by atoms with Crippen LogP contribution in [0.2, 0.25) is 0 Å². The van der Waals surface area contributed by atoms with Crippen LogP contribution in [0.3, 0.4) is 0 Å². The summed E-state index contributed by atoms with van der Waals surface area (Å²) in [7, 11) is 0. The van der Waals surface area contributed by atoms with E-state index < -0.39 is 11.9 Å². The van der Waals surface area contributed by atoms with Crippen LogP contribution in [0.25, 0.3) is 0 Å². The molecule has 0 aromatic carbocycles. The molecule has 4 nitrogen and oxygen atoms in total. The van der Waals surface area contributed by atoms with Gasteiger partial charge in [0.05, 0.1) is 0 Å². The van der Waals surface area contributed by atoms with Crippen molar-refractivity contribution in [3.8, 4) is 0 Å². The molecule has 2 rings (SSSR count). The molecular formula is C10H13F3N4S. The van der Waals surface area contributed by atoms with Crippen LogP contribution in [0.15, 0.2) is 11.1 Å². The Morgan fingerprint density at radius 2 is 1.94 bits per heavy atom. The lowest BCUT2D eigenvalue weighted by molar-refractivity contribution is -0.141. The average molecular weight is 278 g/mol. The van der Waals surface area contributed by atoms with Crippen LogP contribution in [0.1, 0.15) is 31.4 Å². The molecule has 0 aliphatic heterocycles. The Labute approximate surface area is 107 Å². The van der Waals surface area contributed by atoms with Crippen molar-refractivity contribution in [2.24, 2.45) is 5.84 Å². The van der Waals surface area contributed by atoms with E-state index in [0.717, 1.165) is 31.7 Å². The van der Waals surface area contributed by atoms with E-state index in [1.165, 1.54) is 11.8 Å². The lowest BCUT2D eigenvalue weighted by Gasteiger charge is -2.12. The van der Waals surface area contributed by atoms with E-state index in [9.17, 15) is 13.2 Å². The lowest BCUT2D eigenvalue weighted by Crippen LogP contribution is -2.16. The van der Waals surface area contributed by atoms with Crippen LogP contribution in [0, 0.1) is 0 Å². The minimum Gasteiger partial charge on any atom is -0.292 e. The highest BCUT2D eigenvalue weighted by atomic mass is 32.2. The third kappa shape index (κ3) is 3.26. The third-order valence-electron chi connectivity index (χ3n) is 2.71. The number of aromatic nitrogens is 2. The topological polar surface area (TPSA) is 63.8 Å². The van der Waals surface area contributed by atoms with Gasteiger partial charge in [0, 0.05) is 11.3 Å². The molecule has 0 bridgehead atoms. The van der Waals surface area contributed by atoms with E-state index in [4.69, 9.17) is 5.84 Å². The zero-order valence-corrected chi connectivity index (χ0v) is 10.3. The second-order valence-electron chi connectivity index (χ2n) is 4.08. The number of rotatable bonds is 3. The minimum absolute atomic E-state index is 0.203. The molecule has 0 spiro atoms. The van der Waals surface area contributed by atoms with Gasteiger partial charge < -0.3 is 0 Å². The van der Waals surface area contributed by atoms with Gasteiger partial charge in [-0.05, 0) is 12.8 Å². The highest BCUT2D eigenvalue weighted by molar-refractivity contribution is 7.99. The van der Waals surface area contributed by atoms with Gasteiger partial charge in [-0.3, -0.25) is 5.43 Å². The SMILES string of the molecule is NNc1nc(SC2CCCC2)cc(C(F)(F)F)n1. The largest absolute Gasteiger partial charge is 0.433 e. The number of nitrogen functional groups attached to an aromatic ring is 1. The average Bonchev–Trinajstić information content (AvgIpc) is 2.80. The van der Waals surface area contributed by atoms with E-state index in [1.807, 2.05) is 0 Å². The van der Waals surface area contributed by atoms with Gasteiger partial charge in [0.2, 0.25) is 5.95 Å². The molecule has 0 atom stereocenters. The van der Waals surface area contributed by atoms with Gasteiger partial charge in [-0.2, -0.15) is 13.2 Å². The quantitative estimate of drug-likeness (QED) is 0.505. The Balaban J connectivity index is 2.23. The number of nitrogens with zero attached hydrogens (tertiary/aromatic N) is 2. The van der Waals surface area contributed by atoms with Crippen LogP contribution in [0.4, 0.5) is 19.1 Å². The summed E-state index contributed by atoms with van der Waals surface area (Å²) in [5, 5.41) is 0.656. The Morgan fingerprint density at radius 1 is 1.28 bits per heavy atom. The van der Waals surface area contributed by atoms with Crippen LogP contribution in [-0.2, 0) is 6.18 Å². The van der Waals surface area contributed by atoms with Gasteiger partial charge in [0.15, 0.2) is 5.69 Å². The maximum atomic E-state index is 12.6. The Bertz CT molecular complexity index is 418. The molecule has 0 radical (unpaired) electrons. The molecule has 1 aliphatic rings. The fourth-order valence-electron chi connectivity index (χ4n) is 1.87. The highest BCUT2D eigenvalue weighted by Gasteiger charge is 2.34. The second-order valence-corrected chi connectivity index (χ2v) is 5.40. The van der Waals surface area contributed by atoms with Crippen molar-refractivity contribution in [2.75, 3.05) is 5.43 Å². The molecule has 1 aliphatic carbocycles. The molecule has 0 saturated heterocycles. The summed E-state index contributed by atoms with van der Waals surface area (Å²) >= 11 is 1.36. The summed E-state index contributed by atoms with van der Waals surface area (Å²) in [5.41, 5.74) is 1.10. The van der Waals surface area contributed by atoms with Gasteiger partial charge in [-0.25, -0.2) is 15.8 Å². The Morgan fingerprint density at radius 3 is 2.50 bits per heavy atom. The predicted octanol–water partition coefficient (Wildman–Crippen LogP) is 2.82. The van der Waals surface area contributed by atoms with Crippen molar-refractivity contribution in [1.29, 1.82) is 0 Å². The molecule has 1 heterocycles. The highest BCUT2D eigenvalue weighted by Crippen LogP contribution is 2.36. The minimum atomic E-state index is -4.49. The maximum Gasteiger partial charge on any atom is 0.433 e. The summed E-state index contributed by atoms with van der Waals surface area (Å²) in [4.78, 5) is 7.26. The smallest absolute Gasteiger partial charge is 0.292 e. The first-order chi connectivity index (χ1) is 8.49. The fraction of sp³-hybridized carbons (Fsp3) is 0.600. The molecule has 100 valence electrons. The molecule has 18 heavy (non-hydrogen) atoms. The van der Waals surface area contributed by atoms with Gasteiger partial charge in [-0.15, -0.1) is 11.8 Å². The van der Waals surface area contributed by atoms with E-state index >= 15 is 0 Å². The molecule has 3 N–H and O–H groups in total. The van der Waals surface area contributed by atoms with Crippen LogP contribution >= 0.6 is 11.8 Å². The molecule has 8 heteroatoms. The summed E-state index contributed by atoms with van der Waals surface area (Å²) in [6.07, 6.45) is -0.212. The van der Waals surface area contributed by atoms with Crippen LogP contribution < -0.4 is 11.3 Å². The monoisotopic (exact) mass is 278 g/mol. The number of halogens is 3. The lowest BCUT2D eigenvalue weighted by atomic mass is 10.4. The van der Waals surface area contributed by atoms with Gasteiger partial charge in [0.1, 0.15) is 5.03 Å². The summed E-state index contributed by atoms with van der Waals surface area (Å²) < 4.78 is 37.9. The number of hydrogen-bond acceptors (Lipinski definition) is 5. The van der Waals surface area contributed by atoms with Crippen molar-refractivity contribution in [2.45, 2.75) is 42.1 Å². The molecule has 1 aromatic rings. The number of anilines is 1. The van der Waals surface area contributed by atoms with Gasteiger partial charge in [-0.1, -0.05) is 12.8 Å². The predicted molar refractivity (Wildman–Crippen MR) is 63.0 cm³/mol. The number of hydrogen-bond donors (Lipinski definition) is 2. The summed E-state index contributed by atoms with van der Waals surface area (Å²) in [5.74, 6) is 4.88. The second kappa shape index (κ2) is 5.31. The third-order valence-corrected chi connectivity index (χ3v) is 3.97. The molecule has 1 saturated carbocycles. The van der Waals surface area contributed by atoms with Crippen molar-refractivity contribution in [1.82, 2.24) is 9.97 Å². The van der Waals surface area contributed by atoms with Gasteiger partial charge >= 0.3 is 6.18 Å². The number of hydrazine groups is 1. The molecule has 1 fully saturated rings. The first-order valence-electron chi connectivity index (χ1n) is 5.58. The van der Waals surface area contributed by atoms with Gasteiger partial charge in [0.25, 0.3) is 0 Å². The number of thioether (sulfide) groups is 1. The van der Waals surface area contributed by atoms with Crippen molar-refractivity contribution < 1.29 is 13.2 Å². The first-order valence-corrected chi connectivity index (χ1v) is 6.46. The number of nitrogens with two attached hydrogens (primary N) is 1.